The smallest absolute Gasteiger partial charge is 0.196 e. The lowest BCUT2D eigenvalue weighted by Gasteiger charge is -2.26. The van der Waals surface area contributed by atoms with E-state index in [9.17, 15) is 4.79 Å². The molecule has 1 atom stereocenters. The number of hydrogen-bond acceptors (Lipinski definition) is 2. The van der Waals surface area contributed by atoms with Gasteiger partial charge in [0.25, 0.3) is 0 Å². The second-order valence-electron chi connectivity index (χ2n) is 14.4. The Morgan fingerprint density at radius 2 is 1.20 bits per heavy atom. The summed E-state index contributed by atoms with van der Waals surface area (Å²) in [5.41, 5.74) is 15.9. The fourth-order valence-corrected chi connectivity index (χ4v) is 8.67. The first-order valence-corrected chi connectivity index (χ1v) is 16.3. The number of aryl methyl sites for hydroxylation is 1. The Hall–Kier alpha value is -4.69. The van der Waals surface area contributed by atoms with Crippen LogP contribution in [0.2, 0.25) is 0 Å². The molecule has 3 aliphatic rings. The van der Waals surface area contributed by atoms with Crippen LogP contribution in [0.25, 0.3) is 44.3 Å². The van der Waals surface area contributed by atoms with Crippen LogP contribution < -0.4 is 5.43 Å². The number of rotatable bonds is 2. The Morgan fingerprint density at radius 1 is 0.622 bits per heavy atom. The van der Waals surface area contributed by atoms with Gasteiger partial charge >= 0.3 is 0 Å². The van der Waals surface area contributed by atoms with Crippen LogP contribution in [0.4, 0.5) is 0 Å². The van der Waals surface area contributed by atoms with Crippen molar-refractivity contribution >= 4 is 11.0 Å². The van der Waals surface area contributed by atoms with E-state index in [4.69, 9.17) is 4.42 Å². The predicted molar refractivity (Wildman–Crippen MR) is 184 cm³/mol. The van der Waals surface area contributed by atoms with Gasteiger partial charge in [-0.25, -0.2) is 0 Å². The molecule has 220 valence electrons. The molecule has 0 saturated heterocycles. The Balaban J connectivity index is 1.08. The molecule has 0 spiro atoms. The second kappa shape index (κ2) is 9.17. The van der Waals surface area contributed by atoms with Gasteiger partial charge in [0.15, 0.2) is 5.43 Å². The molecule has 0 radical (unpaired) electrons. The third-order valence-electron chi connectivity index (χ3n) is 11.2. The van der Waals surface area contributed by atoms with Crippen LogP contribution in [0.5, 0.6) is 0 Å². The van der Waals surface area contributed by atoms with Crippen molar-refractivity contribution in [3.8, 4) is 33.4 Å². The maximum Gasteiger partial charge on any atom is 0.196 e. The van der Waals surface area contributed by atoms with Gasteiger partial charge in [0.05, 0.1) is 5.39 Å². The molecule has 0 fully saturated rings. The molecule has 0 N–H and O–H groups in total. The molecule has 0 aliphatic heterocycles. The SMILES string of the molecule is CC1(C)c2ccccc2-c2ccc(-c3ccc4oc5c(c(=O)c4c3)CC(c3ccc4c(c3)C(C)(C)c3ccccc3-4)CC5)cc21. The maximum atomic E-state index is 14.2. The van der Waals surface area contributed by atoms with Crippen LogP contribution in [0.15, 0.2) is 112 Å². The van der Waals surface area contributed by atoms with Gasteiger partial charge in [0.2, 0.25) is 0 Å². The zero-order valence-corrected chi connectivity index (χ0v) is 26.3. The van der Waals surface area contributed by atoms with E-state index in [1.165, 1.54) is 50.1 Å². The molecule has 5 aromatic carbocycles. The Bertz CT molecular complexity index is 2280. The van der Waals surface area contributed by atoms with Gasteiger partial charge in [0.1, 0.15) is 11.3 Å². The topological polar surface area (TPSA) is 30.2 Å². The molecule has 2 nitrogen and oxygen atoms in total. The summed E-state index contributed by atoms with van der Waals surface area (Å²) < 4.78 is 6.44. The lowest BCUT2D eigenvalue weighted by molar-refractivity contribution is 0.460. The monoisotopic (exact) mass is 584 g/mol. The predicted octanol–water partition coefficient (Wildman–Crippen LogP) is 10.3. The standard InChI is InChI=1S/C43H36O2/c1-42(2)35-11-7-5-9-29(35)31-17-13-27(23-37(31)42)25-15-19-39-33(21-25)41(44)34-22-26(16-20-40(34)45-39)28-14-18-32-30-10-6-8-12-36(30)43(3,4)38(32)24-28/h5-15,17-19,21,23-24,26H,16,20,22H2,1-4H3. The van der Waals surface area contributed by atoms with Gasteiger partial charge in [-0.2, -0.15) is 0 Å². The van der Waals surface area contributed by atoms with Crippen LogP contribution in [0.3, 0.4) is 0 Å². The van der Waals surface area contributed by atoms with Crippen molar-refractivity contribution in [3.63, 3.8) is 0 Å². The number of fused-ring (bicyclic) bond motifs is 8. The van der Waals surface area contributed by atoms with Crippen LogP contribution in [-0.4, -0.2) is 0 Å². The van der Waals surface area contributed by atoms with Crippen LogP contribution >= 0.6 is 0 Å². The largest absolute Gasteiger partial charge is 0.461 e. The summed E-state index contributed by atoms with van der Waals surface area (Å²) in [6.45, 7) is 9.27. The second-order valence-corrected chi connectivity index (χ2v) is 14.4. The maximum absolute atomic E-state index is 14.2. The molecule has 3 aliphatic carbocycles. The fourth-order valence-electron chi connectivity index (χ4n) is 8.67. The van der Waals surface area contributed by atoms with Crippen LogP contribution in [-0.2, 0) is 23.7 Å². The molecule has 6 aromatic rings. The Morgan fingerprint density at radius 3 is 1.91 bits per heavy atom. The molecule has 2 heteroatoms. The van der Waals surface area contributed by atoms with Gasteiger partial charge in [0, 0.05) is 22.8 Å². The van der Waals surface area contributed by atoms with E-state index in [0.717, 1.165) is 41.7 Å². The van der Waals surface area contributed by atoms with Gasteiger partial charge in [-0.15, -0.1) is 0 Å². The zero-order chi connectivity index (χ0) is 30.7. The van der Waals surface area contributed by atoms with Gasteiger partial charge in [-0.05, 0) is 98.2 Å². The molecule has 9 rings (SSSR count). The summed E-state index contributed by atoms with van der Waals surface area (Å²) in [6.07, 6.45) is 2.49. The molecule has 1 aromatic heterocycles. The highest BCUT2D eigenvalue weighted by molar-refractivity contribution is 5.87. The first-order chi connectivity index (χ1) is 21.7. The Kier molecular flexibility index (Phi) is 5.44. The summed E-state index contributed by atoms with van der Waals surface area (Å²) in [4.78, 5) is 14.2. The summed E-state index contributed by atoms with van der Waals surface area (Å²) in [6, 6.07) is 37.4. The van der Waals surface area contributed by atoms with Gasteiger partial charge < -0.3 is 4.42 Å². The van der Waals surface area contributed by atoms with E-state index >= 15 is 0 Å². The highest BCUT2D eigenvalue weighted by Gasteiger charge is 2.37. The molecule has 45 heavy (non-hydrogen) atoms. The lowest BCUT2D eigenvalue weighted by atomic mass is 9.78. The zero-order valence-electron chi connectivity index (χ0n) is 26.3. The third-order valence-corrected chi connectivity index (χ3v) is 11.2. The van der Waals surface area contributed by atoms with Crippen molar-refractivity contribution in [1.82, 2.24) is 0 Å². The summed E-state index contributed by atoms with van der Waals surface area (Å²) in [5, 5.41) is 0.681. The van der Waals surface area contributed by atoms with E-state index in [0.29, 0.717) is 16.9 Å². The van der Waals surface area contributed by atoms with E-state index < -0.39 is 0 Å². The molecule has 0 amide bonds. The van der Waals surface area contributed by atoms with E-state index in [2.05, 4.69) is 125 Å². The van der Waals surface area contributed by atoms with Crippen molar-refractivity contribution in [2.75, 3.05) is 0 Å². The highest BCUT2D eigenvalue weighted by Crippen LogP contribution is 2.51. The minimum atomic E-state index is -0.0680. The van der Waals surface area contributed by atoms with Crippen molar-refractivity contribution in [2.45, 2.75) is 63.7 Å². The first kappa shape index (κ1) is 26.7. The van der Waals surface area contributed by atoms with Crippen LogP contribution in [0, 0.1) is 0 Å². The van der Waals surface area contributed by atoms with Crippen molar-refractivity contribution in [3.05, 3.63) is 152 Å². The molecular weight excluding hydrogens is 548 g/mol. The third kappa shape index (κ3) is 3.72. The van der Waals surface area contributed by atoms with E-state index in [-0.39, 0.29) is 16.3 Å². The molecule has 1 unspecified atom stereocenters. The van der Waals surface area contributed by atoms with E-state index in [1.807, 2.05) is 6.07 Å². The van der Waals surface area contributed by atoms with Crippen molar-refractivity contribution in [2.24, 2.45) is 0 Å². The first-order valence-electron chi connectivity index (χ1n) is 16.3. The molecule has 0 bridgehead atoms. The molecule has 1 heterocycles. The minimum Gasteiger partial charge on any atom is -0.461 e. The van der Waals surface area contributed by atoms with E-state index in [1.54, 1.807) is 0 Å². The van der Waals surface area contributed by atoms with Gasteiger partial charge in [-0.1, -0.05) is 113 Å². The summed E-state index contributed by atoms with van der Waals surface area (Å²) >= 11 is 0. The molecule has 0 saturated carbocycles. The Labute approximate surface area is 264 Å². The van der Waals surface area contributed by atoms with Crippen LogP contribution in [0.1, 0.15) is 79.2 Å². The lowest BCUT2D eigenvalue weighted by Crippen LogP contribution is -2.22. The average Bonchev–Trinajstić information content (AvgIpc) is 3.44. The highest BCUT2D eigenvalue weighted by atomic mass is 16.3. The van der Waals surface area contributed by atoms with Crippen molar-refractivity contribution < 1.29 is 4.42 Å². The number of hydrogen-bond donors (Lipinski definition) is 0. The van der Waals surface area contributed by atoms with Gasteiger partial charge in [-0.3, -0.25) is 4.79 Å². The quantitative estimate of drug-likeness (QED) is 0.203. The normalized spacial score (nSPS) is 18.2. The van der Waals surface area contributed by atoms with Crippen molar-refractivity contribution in [1.29, 1.82) is 0 Å². The summed E-state index contributed by atoms with van der Waals surface area (Å²) in [7, 11) is 0. The average molecular weight is 585 g/mol. The minimum absolute atomic E-state index is 0.0320. The number of benzene rings is 5. The summed E-state index contributed by atoms with van der Waals surface area (Å²) in [5.74, 6) is 1.16. The fraction of sp³-hybridized carbons (Fsp3) is 0.233. The molecular formula is C43H36O2.